The molecule has 1 aromatic rings. The fraction of sp³-hybridized carbons (Fsp3) is 0.538. The van der Waals surface area contributed by atoms with Gasteiger partial charge in [-0.3, -0.25) is 0 Å². The van der Waals surface area contributed by atoms with E-state index in [1.54, 1.807) is 0 Å². The molecule has 1 aliphatic rings. The first-order valence-electron chi connectivity index (χ1n) is 6.09. The molecule has 0 aromatic heterocycles. The van der Waals surface area contributed by atoms with Gasteiger partial charge in [0.2, 0.25) is 0 Å². The van der Waals surface area contributed by atoms with E-state index in [1.165, 1.54) is 0 Å². The third-order valence-corrected chi connectivity index (χ3v) is 3.13. The summed E-state index contributed by atoms with van der Waals surface area (Å²) in [5.41, 5.74) is 0.878. The molecule has 1 heterocycles. The fourth-order valence-electron chi connectivity index (χ4n) is 2.03. The minimum absolute atomic E-state index is 0.185. The Morgan fingerprint density at radius 1 is 1.05 bits per heavy atom. The van der Waals surface area contributed by atoms with Crippen LogP contribution in [0.5, 0.6) is 0 Å². The van der Waals surface area contributed by atoms with Gasteiger partial charge in [-0.2, -0.15) is 0 Å². The van der Waals surface area contributed by atoms with Gasteiger partial charge < -0.3 is 29.9 Å². The van der Waals surface area contributed by atoms with E-state index in [1.807, 2.05) is 30.3 Å². The topological polar surface area (TPSA) is 99.4 Å². The summed E-state index contributed by atoms with van der Waals surface area (Å²) in [5, 5.41) is 38.2. The Labute approximate surface area is 110 Å². The average Bonchev–Trinajstić information content (AvgIpc) is 2.44. The van der Waals surface area contributed by atoms with Gasteiger partial charge in [-0.15, -0.1) is 0 Å². The molecule has 0 radical (unpaired) electrons. The molecule has 106 valence electrons. The van der Waals surface area contributed by atoms with Crippen LogP contribution < -0.4 is 0 Å². The molecule has 1 fully saturated rings. The van der Waals surface area contributed by atoms with Crippen molar-refractivity contribution < 1.29 is 29.9 Å². The number of aliphatic hydroxyl groups excluding tert-OH is 4. The van der Waals surface area contributed by atoms with E-state index in [0.717, 1.165) is 5.56 Å². The lowest BCUT2D eigenvalue weighted by Gasteiger charge is -2.39. The third-order valence-electron chi connectivity index (χ3n) is 3.13. The monoisotopic (exact) mass is 270 g/mol. The first kappa shape index (κ1) is 14.4. The zero-order valence-electron chi connectivity index (χ0n) is 10.3. The average molecular weight is 270 g/mol. The van der Waals surface area contributed by atoms with Gasteiger partial charge in [0.05, 0.1) is 13.2 Å². The summed E-state index contributed by atoms with van der Waals surface area (Å²) < 4.78 is 10.3. The SMILES string of the molecule is OCC1O[C@H](O)C(O)[C@@H](OCc2ccccc2)[C@@H]1O. The summed E-state index contributed by atoms with van der Waals surface area (Å²) in [5.74, 6) is 0. The molecule has 19 heavy (non-hydrogen) atoms. The maximum Gasteiger partial charge on any atom is 0.184 e. The van der Waals surface area contributed by atoms with Crippen LogP contribution in [0, 0.1) is 0 Å². The Balaban J connectivity index is 2.00. The molecular formula is C13H18O6. The van der Waals surface area contributed by atoms with E-state index >= 15 is 0 Å². The second-order valence-electron chi connectivity index (χ2n) is 4.49. The lowest BCUT2D eigenvalue weighted by molar-refractivity contribution is -0.296. The third kappa shape index (κ3) is 3.30. The minimum Gasteiger partial charge on any atom is -0.394 e. The number of benzene rings is 1. The molecule has 1 aromatic carbocycles. The van der Waals surface area contributed by atoms with Crippen LogP contribution in [0.15, 0.2) is 30.3 Å². The van der Waals surface area contributed by atoms with E-state index < -0.39 is 37.3 Å². The second kappa shape index (κ2) is 6.42. The molecule has 1 aliphatic heterocycles. The number of ether oxygens (including phenoxy) is 2. The van der Waals surface area contributed by atoms with Crippen LogP contribution in [0.3, 0.4) is 0 Å². The molecule has 0 bridgehead atoms. The quantitative estimate of drug-likeness (QED) is 0.560. The van der Waals surface area contributed by atoms with E-state index in [2.05, 4.69) is 0 Å². The van der Waals surface area contributed by atoms with Crippen molar-refractivity contribution in [2.45, 2.75) is 37.3 Å². The number of hydrogen-bond donors (Lipinski definition) is 4. The zero-order valence-corrected chi connectivity index (χ0v) is 10.3. The number of rotatable bonds is 4. The first-order chi connectivity index (χ1) is 9.13. The van der Waals surface area contributed by atoms with Crippen molar-refractivity contribution in [3.8, 4) is 0 Å². The molecule has 6 heteroatoms. The first-order valence-corrected chi connectivity index (χ1v) is 6.09. The predicted molar refractivity (Wildman–Crippen MR) is 65.0 cm³/mol. The Morgan fingerprint density at radius 2 is 1.74 bits per heavy atom. The van der Waals surface area contributed by atoms with Crippen LogP contribution in [0.4, 0.5) is 0 Å². The van der Waals surface area contributed by atoms with Gasteiger partial charge in [-0.05, 0) is 5.56 Å². The highest BCUT2D eigenvalue weighted by Gasteiger charge is 2.44. The van der Waals surface area contributed by atoms with Crippen LogP contribution >= 0.6 is 0 Å². The van der Waals surface area contributed by atoms with Crippen molar-refractivity contribution in [2.24, 2.45) is 0 Å². The Morgan fingerprint density at radius 3 is 2.37 bits per heavy atom. The van der Waals surface area contributed by atoms with Gasteiger partial charge in [-0.1, -0.05) is 30.3 Å². The summed E-state index contributed by atoms with van der Waals surface area (Å²) >= 11 is 0. The molecule has 1 saturated heterocycles. The van der Waals surface area contributed by atoms with Crippen molar-refractivity contribution in [3.63, 3.8) is 0 Å². The van der Waals surface area contributed by atoms with Gasteiger partial charge in [0.25, 0.3) is 0 Å². The fourth-order valence-corrected chi connectivity index (χ4v) is 2.03. The lowest BCUT2D eigenvalue weighted by atomic mass is 9.99. The standard InChI is InChI=1S/C13H18O6/c14-6-9-10(15)12(11(16)13(17)19-9)18-7-8-4-2-1-3-5-8/h1-5,9-17H,6-7H2/t9?,10-,11?,12+,13+/m1/s1. The molecule has 0 saturated carbocycles. The lowest BCUT2D eigenvalue weighted by Crippen LogP contribution is -2.59. The number of aliphatic hydroxyl groups is 4. The summed E-state index contributed by atoms with van der Waals surface area (Å²) in [7, 11) is 0. The molecule has 0 amide bonds. The highest BCUT2D eigenvalue weighted by molar-refractivity contribution is 5.13. The molecule has 6 nitrogen and oxygen atoms in total. The highest BCUT2D eigenvalue weighted by Crippen LogP contribution is 2.23. The predicted octanol–water partition coefficient (Wildman–Crippen LogP) is -0.997. The van der Waals surface area contributed by atoms with E-state index in [4.69, 9.17) is 14.6 Å². The maximum absolute atomic E-state index is 9.91. The Hall–Kier alpha value is -1.02. The zero-order chi connectivity index (χ0) is 13.8. The molecule has 0 spiro atoms. The maximum atomic E-state index is 9.91. The minimum atomic E-state index is -1.48. The van der Waals surface area contributed by atoms with Crippen LogP contribution in [0.2, 0.25) is 0 Å². The van der Waals surface area contributed by atoms with Crippen molar-refractivity contribution in [1.29, 1.82) is 0 Å². The van der Waals surface area contributed by atoms with Crippen LogP contribution in [-0.4, -0.2) is 57.7 Å². The summed E-state index contributed by atoms with van der Waals surface area (Å²) in [6, 6.07) is 9.26. The molecule has 2 unspecified atom stereocenters. The highest BCUT2D eigenvalue weighted by atomic mass is 16.6. The second-order valence-corrected chi connectivity index (χ2v) is 4.49. The normalized spacial score (nSPS) is 35.3. The van der Waals surface area contributed by atoms with Gasteiger partial charge in [0, 0.05) is 0 Å². The van der Waals surface area contributed by atoms with Crippen molar-refractivity contribution in [2.75, 3.05) is 6.61 Å². The van der Waals surface area contributed by atoms with E-state index in [9.17, 15) is 15.3 Å². The van der Waals surface area contributed by atoms with Crippen LogP contribution in [0.25, 0.3) is 0 Å². The smallest absolute Gasteiger partial charge is 0.184 e. The summed E-state index contributed by atoms with van der Waals surface area (Å²) in [6.07, 6.45) is -6.03. The Kier molecular flexibility index (Phi) is 4.87. The number of hydrogen-bond acceptors (Lipinski definition) is 6. The summed E-state index contributed by atoms with van der Waals surface area (Å²) in [6.45, 7) is -0.277. The molecule has 5 atom stereocenters. The van der Waals surface area contributed by atoms with E-state index in [0.29, 0.717) is 0 Å². The molecule has 2 rings (SSSR count). The van der Waals surface area contributed by atoms with Crippen molar-refractivity contribution >= 4 is 0 Å². The Bertz CT molecular complexity index is 384. The molecular weight excluding hydrogens is 252 g/mol. The van der Waals surface area contributed by atoms with Crippen LogP contribution in [-0.2, 0) is 16.1 Å². The van der Waals surface area contributed by atoms with Crippen LogP contribution in [0.1, 0.15) is 5.56 Å². The van der Waals surface area contributed by atoms with Gasteiger partial charge >= 0.3 is 0 Å². The van der Waals surface area contributed by atoms with Crippen molar-refractivity contribution in [1.82, 2.24) is 0 Å². The van der Waals surface area contributed by atoms with Gasteiger partial charge in [0.15, 0.2) is 6.29 Å². The summed E-state index contributed by atoms with van der Waals surface area (Å²) in [4.78, 5) is 0. The largest absolute Gasteiger partial charge is 0.394 e. The van der Waals surface area contributed by atoms with Gasteiger partial charge in [-0.25, -0.2) is 0 Å². The van der Waals surface area contributed by atoms with Gasteiger partial charge in [0.1, 0.15) is 24.4 Å². The van der Waals surface area contributed by atoms with E-state index in [-0.39, 0.29) is 6.61 Å². The molecule has 4 N–H and O–H groups in total. The van der Waals surface area contributed by atoms with Crippen molar-refractivity contribution in [3.05, 3.63) is 35.9 Å². The molecule has 0 aliphatic carbocycles.